The lowest BCUT2D eigenvalue weighted by Crippen LogP contribution is -2.56. The van der Waals surface area contributed by atoms with E-state index in [0.717, 1.165) is 16.8 Å². The number of carbonyl (C=O) groups is 2. The van der Waals surface area contributed by atoms with Gasteiger partial charge in [-0.3, -0.25) is 9.59 Å². The van der Waals surface area contributed by atoms with Gasteiger partial charge in [0.05, 0.1) is 49.1 Å². The second-order valence-corrected chi connectivity index (χ2v) is 10.4. The van der Waals surface area contributed by atoms with Crippen LogP contribution in [-0.2, 0) is 6.42 Å². The van der Waals surface area contributed by atoms with E-state index in [1.807, 2.05) is 4.90 Å². The Morgan fingerprint density at radius 1 is 1.16 bits per heavy atom. The van der Waals surface area contributed by atoms with Gasteiger partial charge in [-0.15, -0.1) is 0 Å². The monoisotopic (exact) mass is 606 g/mol. The number of nitrogens with zero attached hydrogens (tertiary/aromatic N) is 3. The van der Waals surface area contributed by atoms with Gasteiger partial charge in [0.15, 0.2) is 0 Å². The van der Waals surface area contributed by atoms with Gasteiger partial charge in [-0.25, -0.2) is 13.3 Å². The van der Waals surface area contributed by atoms with Gasteiger partial charge in [0.25, 0.3) is 11.8 Å². The van der Waals surface area contributed by atoms with Crippen LogP contribution in [0.5, 0.6) is 5.75 Å². The van der Waals surface area contributed by atoms with Gasteiger partial charge < -0.3 is 25.6 Å². The van der Waals surface area contributed by atoms with Crippen LogP contribution in [0.2, 0.25) is 0 Å². The first-order valence-electron chi connectivity index (χ1n) is 13.3. The second-order valence-electron chi connectivity index (χ2n) is 10.4. The number of alkyl halides is 4. The van der Waals surface area contributed by atoms with Crippen molar-refractivity contribution < 1.29 is 36.3 Å². The number of rotatable bonds is 7. The summed E-state index contributed by atoms with van der Waals surface area (Å²) in [7, 11) is 4.49. The number of aromatic nitrogens is 2. The van der Waals surface area contributed by atoms with Crippen molar-refractivity contribution in [2.75, 3.05) is 46.2 Å². The minimum absolute atomic E-state index is 0.0315. The minimum atomic E-state index is -4.52. The maximum atomic E-state index is 14.8. The summed E-state index contributed by atoms with van der Waals surface area (Å²) in [6.07, 6.45) is -6.10. The molecule has 14 heteroatoms. The SMILES string of the molecule is CNC(=O)c1cc(OC)c(NCC#Cc2cc(C(=O)N[C@@H]3[C@@H](C)CN(C)C[C@@H]3F)n3ncc(CC(F)(F)F)c3c2)cc1F. The molecule has 0 aliphatic carbocycles. The summed E-state index contributed by atoms with van der Waals surface area (Å²) >= 11 is 0. The first-order chi connectivity index (χ1) is 20.3. The molecule has 1 aromatic carbocycles. The van der Waals surface area contributed by atoms with Gasteiger partial charge in [0.1, 0.15) is 23.4 Å². The number of nitrogens with one attached hydrogen (secondary N) is 3. The average Bonchev–Trinajstić information content (AvgIpc) is 3.33. The minimum Gasteiger partial charge on any atom is -0.495 e. The molecule has 1 aliphatic heterocycles. The van der Waals surface area contributed by atoms with Gasteiger partial charge in [0.2, 0.25) is 0 Å². The van der Waals surface area contributed by atoms with E-state index in [-0.39, 0.29) is 58.3 Å². The molecular weight excluding hydrogens is 575 g/mol. The Morgan fingerprint density at radius 3 is 2.56 bits per heavy atom. The molecule has 0 saturated carbocycles. The summed E-state index contributed by atoms with van der Waals surface area (Å²) < 4.78 is 75.4. The van der Waals surface area contributed by atoms with Crippen LogP contribution in [0.3, 0.4) is 0 Å². The van der Waals surface area contributed by atoms with E-state index in [2.05, 4.69) is 32.9 Å². The number of amides is 2. The maximum Gasteiger partial charge on any atom is 0.393 e. The summed E-state index contributed by atoms with van der Waals surface area (Å²) in [5.41, 5.74) is -0.00691. The van der Waals surface area contributed by atoms with Gasteiger partial charge >= 0.3 is 6.18 Å². The van der Waals surface area contributed by atoms with Crippen LogP contribution < -0.4 is 20.7 Å². The molecule has 0 unspecified atom stereocenters. The number of piperidine rings is 1. The zero-order valence-electron chi connectivity index (χ0n) is 23.9. The molecule has 3 aromatic rings. The molecular formula is C29H31F5N6O3. The number of ether oxygens (including phenoxy) is 1. The normalized spacial score (nSPS) is 19.0. The quantitative estimate of drug-likeness (QED) is 0.282. The fraction of sp³-hybridized carbons (Fsp3) is 0.414. The van der Waals surface area contributed by atoms with E-state index >= 15 is 0 Å². The predicted octanol–water partition coefficient (Wildman–Crippen LogP) is 3.43. The molecule has 9 nitrogen and oxygen atoms in total. The van der Waals surface area contributed by atoms with Crippen molar-refractivity contribution in [1.82, 2.24) is 25.1 Å². The number of halogens is 5. The van der Waals surface area contributed by atoms with Crippen LogP contribution in [0, 0.1) is 23.6 Å². The number of benzene rings is 1. The summed E-state index contributed by atoms with van der Waals surface area (Å²) in [6.45, 7) is 2.44. The Labute approximate surface area is 244 Å². The number of pyridine rings is 1. The van der Waals surface area contributed by atoms with Crippen LogP contribution >= 0.6 is 0 Å². The molecule has 43 heavy (non-hydrogen) atoms. The lowest BCUT2D eigenvalue weighted by atomic mass is 9.92. The van der Waals surface area contributed by atoms with Crippen LogP contribution in [0.4, 0.5) is 27.6 Å². The molecule has 3 heterocycles. The van der Waals surface area contributed by atoms with Gasteiger partial charge in [-0.2, -0.15) is 18.3 Å². The number of carbonyl (C=O) groups excluding carboxylic acids is 2. The number of methoxy groups -OCH3 is 1. The molecule has 1 fully saturated rings. The molecule has 1 aliphatic rings. The highest BCUT2D eigenvalue weighted by atomic mass is 19.4. The highest BCUT2D eigenvalue weighted by molar-refractivity contribution is 5.95. The van der Waals surface area contributed by atoms with Gasteiger partial charge in [-0.05, 0) is 31.2 Å². The number of hydrogen-bond donors (Lipinski definition) is 3. The molecule has 2 amide bonds. The number of likely N-dealkylation sites (tertiary alicyclic amines) is 1. The third kappa shape index (κ3) is 7.34. The topological polar surface area (TPSA) is 100 Å². The third-order valence-electron chi connectivity index (χ3n) is 7.07. The molecule has 3 atom stereocenters. The zero-order chi connectivity index (χ0) is 31.5. The van der Waals surface area contributed by atoms with Crippen molar-refractivity contribution in [1.29, 1.82) is 0 Å². The maximum absolute atomic E-state index is 14.8. The van der Waals surface area contributed by atoms with Crippen molar-refractivity contribution in [3.8, 4) is 17.6 Å². The number of fused-ring (bicyclic) bond motifs is 1. The molecule has 4 rings (SSSR count). The Hall–Kier alpha value is -4.38. The Balaban J connectivity index is 1.63. The largest absolute Gasteiger partial charge is 0.495 e. The van der Waals surface area contributed by atoms with E-state index in [0.29, 0.717) is 6.54 Å². The standard InChI is InChI=1S/C29H31F5N6O3/c1-16-14-39(3)15-21(31)26(16)38-28(42)24-9-17(8-23-18(12-29(32,33)34)13-37-40(23)24)6-5-7-36-22-11-20(30)19(27(41)35-2)10-25(22)43-4/h8-11,13,16,21,26,36H,7,12,14-15H2,1-4H3,(H,35,41)(H,38,42)/t16-,21-,26+/m0/s1. The van der Waals surface area contributed by atoms with E-state index in [4.69, 9.17) is 4.74 Å². The summed E-state index contributed by atoms with van der Waals surface area (Å²) in [5, 5.41) is 11.9. The lowest BCUT2D eigenvalue weighted by molar-refractivity contribution is -0.127. The fourth-order valence-corrected chi connectivity index (χ4v) is 5.08. The molecule has 0 spiro atoms. The fourth-order valence-electron chi connectivity index (χ4n) is 5.08. The molecule has 2 aromatic heterocycles. The van der Waals surface area contributed by atoms with Gasteiger partial charge in [-0.1, -0.05) is 18.8 Å². The smallest absolute Gasteiger partial charge is 0.393 e. The van der Waals surface area contributed by atoms with Crippen molar-refractivity contribution >= 4 is 23.0 Å². The van der Waals surface area contributed by atoms with Crippen LogP contribution in [0.15, 0.2) is 30.5 Å². The molecule has 1 saturated heterocycles. The molecule has 230 valence electrons. The van der Waals surface area contributed by atoms with Crippen molar-refractivity contribution in [3.05, 3.63) is 58.7 Å². The molecule has 3 N–H and O–H groups in total. The first kappa shape index (κ1) is 31.6. The van der Waals surface area contributed by atoms with Crippen molar-refractivity contribution in [3.63, 3.8) is 0 Å². The van der Waals surface area contributed by atoms with Crippen LogP contribution in [0.25, 0.3) is 5.52 Å². The lowest BCUT2D eigenvalue weighted by Gasteiger charge is -2.37. The van der Waals surface area contributed by atoms with Crippen LogP contribution in [-0.4, -0.2) is 85.6 Å². The first-order valence-corrected chi connectivity index (χ1v) is 13.3. The van der Waals surface area contributed by atoms with E-state index in [9.17, 15) is 31.5 Å². The Morgan fingerprint density at radius 2 is 1.91 bits per heavy atom. The molecule has 0 radical (unpaired) electrons. The van der Waals surface area contributed by atoms with Gasteiger partial charge in [0, 0.05) is 37.3 Å². The number of hydrogen-bond acceptors (Lipinski definition) is 6. The Kier molecular flexibility index (Phi) is 9.44. The predicted molar refractivity (Wildman–Crippen MR) is 149 cm³/mol. The Bertz CT molecular complexity index is 1570. The second kappa shape index (κ2) is 12.9. The van der Waals surface area contributed by atoms with Crippen molar-refractivity contribution in [2.45, 2.75) is 31.7 Å². The van der Waals surface area contributed by atoms with Crippen LogP contribution in [0.1, 0.15) is 38.9 Å². The molecule has 0 bridgehead atoms. The van der Waals surface area contributed by atoms with Crippen molar-refractivity contribution in [2.24, 2.45) is 5.92 Å². The highest BCUT2D eigenvalue weighted by Gasteiger charge is 2.35. The third-order valence-corrected chi connectivity index (χ3v) is 7.07. The summed E-state index contributed by atoms with van der Waals surface area (Å²) in [6, 6.07) is 4.26. The number of anilines is 1. The zero-order valence-corrected chi connectivity index (χ0v) is 23.9. The van der Waals surface area contributed by atoms with E-state index in [1.54, 1.807) is 14.0 Å². The highest BCUT2D eigenvalue weighted by Crippen LogP contribution is 2.28. The van der Waals surface area contributed by atoms with E-state index in [1.165, 1.54) is 32.4 Å². The summed E-state index contributed by atoms with van der Waals surface area (Å²) in [4.78, 5) is 27.0. The average molecular weight is 607 g/mol. The summed E-state index contributed by atoms with van der Waals surface area (Å²) in [5.74, 6) is 3.45. The van der Waals surface area contributed by atoms with E-state index < -0.39 is 42.4 Å².